The van der Waals surface area contributed by atoms with Crippen molar-refractivity contribution in [2.45, 2.75) is 13.5 Å². The van der Waals surface area contributed by atoms with E-state index in [9.17, 15) is 0 Å². The second-order valence-corrected chi connectivity index (χ2v) is 4.77. The van der Waals surface area contributed by atoms with Gasteiger partial charge in [0.05, 0.1) is 7.11 Å². The number of hydrogen-bond donors (Lipinski definition) is 2. The summed E-state index contributed by atoms with van der Waals surface area (Å²) in [4.78, 5) is 12.5. The number of pyridine rings is 1. The van der Waals surface area contributed by atoms with Gasteiger partial charge in [0.1, 0.15) is 22.4 Å². The van der Waals surface area contributed by atoms with Gasteiger partial charge in [0.25, 0.3) is 0 Å². The van der Waals surface area contributed by atoms with Gasteiger partial charge in [-0.1, -0.05) is 6.07 Å². The van der Waals surface area contributed by atoms with Crippen molar-refractivity contribution in [3.8, 4) is 5.88 Å². The van der Waals surface area contributed by atoms with Crippen molar-refractivity contribution in [1.29, 1.82) is 0 Å². The molecule has 0 aromatic carbocycles. The molecule has 2 aromatic heterocycles. The van der Waals surface area contributed by atoms with Crippen molar-refractivity contribution in [2.75, 3.05) is 24.3 Å². The third kappa shape index (κ3) is 3.57. The SMILES string of the molecule is CCNc1ncnc(NCc2ccc(OC)nc2)c1Br. The summed E-state index contributed by atoms with van der Waals surface area (Å²) in [6.45, 7) is 3.44. The van der Waals surface area contributed by atoms with Crippen LogP contribution in [0.5, 0.6) is 5.88 Å². The molecule has 0 aliphatic carbocycles. The second kappa shape index (κ2) is 7.04. The summed E-state index contributed by atoms with van der Waals surface area (Å²) in [5.41, 5.74) is 1.04. The number of hydrogen-bond acceptors (Lipinski definition) is 6. The van der Waals surface area contributed by atoms with Crippen LogP contribution >= 0.6 is 15.9 Å². The van der Waals surface area contributed by atoms with Crippen LogP contribution in [0.4, 0.5) is 11.6 Å². The fraction of sp³-hybridized carbons (Fsp3) is 0.308. The number of aromatic nitrogens is 3. The number of halogens is 1. The van der Waals surface area contributed by atoms with Crippen LogP contribution in [-0.4, -0.2) is 28.6 Å². The van der Waals surface area contributed by atoms with E-state index >= 15 is 0 Å². The number of nitrogens with zero attached hydrogens (tertiary/aromatic N) is 3. The Morgan fingerprint density at radius 3 is 2.50 bits per heavy atom. The number of rotatable bonds is 6. The van der Waals surface area contributed by atoms with Crippen LogP contribution in [0.25, 0.3) is 0 Å². The second-order valence-electron chi connectivity index (χ2n) is 3.98. The van der Waals surface area contributed by atoms with Crippen molar-refractivity contribution in [2.24, 2.45) is 0 Å². The molecule has 6 nitrogen and oxygen atoms in total. The Bertz CT molecular complexity index is 561. The zero-order valence-electron chi connectivity index (χ0n) is 11.4. The smallest absolute Gasteiger partial charge is 0.212 e. The van der Waals surface area contributed by atoms with E-state index in [1.54, 1.807) is 13.3 Å². The molecular weight excluding hydrogens is 322 g/mol. The zero-order chi connectivity index (χ0) is 14.4. The quantitative estimate of drug-likeness (QED) is 0.844. The first-order valence-electron chi connectivity index (χ1n) is 6.21. The summed E-state index contributed by atoms with van der Waals surface area (Å²) < 4.78 is 5.85. The molecule has 0 atom stereocenters. The van der Waals surface area contributed by atoms with Gasteiger partial charge in [0.2, 0.25) is 5.88 Å². The number of methoxy groups -OCH3 is 1. The maximum absolute atomic E-state index is 5.03. The maximum Gasteiger partial charge on any atom is 0.212 e. The largest absolute Gasteiger partial charge is 0.481 e. The Morgan fingerprint density at radius 1 is 1.15 bits per heavy atom. The Balaban J connectivity index is 2.04. The average Bonchev–Trinajstić information content (AvgIpc) is 2.49. The Kier molecular flexibility index (Phi) is 5.11. The lowest BCUT2D eigenvalue weighted by Gasteiger charge is -2.10. The third-order valence-corrected chi connectivity index (χ3v) is 3.35. The van der Waals surface area contributed by atoms with Gasteiger partial charge in [-0.25, -0.2) is 15.0 Å². The minimum absolute atomic E-state index is 0.603. The molecule has 2 rings (SSSR count). The molecule has 2 N–H and O–H groups in total. The minimum atomic E-state index is 0.603. The highest BCUT2D eigenvalue weighted by molar-refractivity contribution is 9.10. The highest BCUT2D eigenvalue weighted by atomic mass is 79.9. The lowest BCUT2D eigenvalue weighted by atomic mass is 10.3. The van der Waals surface area contributed by atoms with E-state index in [2.05, 4.69) is 41.5 Å². The number of ether oxygens (including phenoxy) is 1. The molecule has 0 saturated carbocycles. The predicted molar refractivity (Wildman–Crippen MR) is 82.0 cm³/mol. The highest BCUT2D eigenvalue weighted by Gasteiger charge is 2.07. The van der Waals surface area contributed by atoms with Crippen molar-refractivity contribution in [3.63, 3.8) is 0 Å². The summed E-state index contributed by atoms with van der Waals surface area (Å²) in [6, 6.07) is 3.79. The van der Waals surface area contributed by atoms with Gasteiger partial charge in [-0.3, -0.25) is 0 Å². The molecule has 2 aromatic rings. The van der Waals surface area contributed by atoms with Crippen LogP contribution in [0.15, 0.2) is 29.1 Å². The molecule has 0 radical (unpaired) electrons. The van der Waals surface area contributed by atoms with E-state index in [0.29, 0.717) is 12.4 Å². The van der Waals surface area contributed by atoms with Gasteiger partial charge in [-0.15, -0.1) is 0 Å². The fourth-order valence-electron chi connectivity index (χ4n) is 1.61. The van der Waals surface area contributed by atoms with E-state index in [-0.39, 0.29) is 0 Å². The zero-order valence-corrected chi connectivity index (χ0v) is 12.9. The monoisotopic (exact) mass is 337 g/mol. The summed E-state index contributed by atoms with van der Waals surface area (Å²) in [7, 11) is 1.60. The summed E-state index contributed by atoms with van der Waals surface area (Å²) in [5, 5.41) is 6.41. The van der Waals surface area contributed by atoms with Crippen LogP contribution < -0.4 is 15.4 Å². The van der Waals surface area contributed by atoms with Crippen LogP contribution in [0.3, 0.4) is 0 Å². The normalized spacial score (nSPS) is 10.2. The molecular formula is C13H16BrN5O. The van der Waals surface area contributed by atoms with E-state index in [4.69, 9.17) is 4.74 Å². The van der Waals surface area contributed by atoms with Gasteiger partial charge in [-0.05, 0) is 28.4 Å². The topological polar surface area (TPSA) is 72.0 Å². The molecule has 0 spiro atoms. The van der Waals surface area contributed by atoms with Gasteiger partial charge in [-0.2, -0.15) is 0 Å². The molecule has 7 heteroatoms. The van der Waals surface area contributed by atoms with Gasteiger partial charge in [0.15, 0.2) is 0 Å². The van der Waals surface area contributed by atoms with Gasteiger partial charge in [0, 0.05) is 25.4 Å². The van der Waals surface area contributed by atoms with Crippen molar-refractivity contribution < 1.29 is 4.74 Å². The Morgan fingerprint density at radius 2 is 1.90 bits per heavy atom. The first-order valence-corrected chi connectivity index (χ1v) is 7.01. The Hall–Kier alpha value is -1.89. The molecule has 0 aliphatic rings. The standard InChI is InChI=1S/C13H16BrN5O/c1-3-15-12-11(14)13(19-8-18-12)17-7-9-4-5-10(20-2)16-6-9/h4-6,8H,3,7H2,1-2H3,(H2,15,17,18,19). The molecule has 0 amide bonds. The molecule has 0 fully saturated rings. The maximum atomic E-state index is 5.03. The Labute approximate surface area is 126 Å². The molecule has 0 unspecified atom stereocenters. The molecule has 0 bridgehead atoms. The predicted octanol–water partition coefficient (Wildman–Crippen LogP) is 2.69. The lowest BCUT2D eigenvalue weighted by Crippen LogP contribution is -2.06. The molecule has 2 heterocycles. The minimum Gasteiger partial charge on any atom is -0.481 e. The molecule has 106 valence electrons. The van der Waals surface area contributed by atoms with Crippen molar-refractivity contribution in [1.82, 2.24) is 15.0 Å². The van der Waals surface area contributed by atoms with E-state index < -0.39 is 0 Å². The lowest BCUT2D eigenvalue weighted by molar-refractivity contribution is 0.397. The van der Waals surface area contributed by atoms with Gasteiger partial charge >= 0.3 is 0 Å². The molecule has 20 heavy (non-hydrogen) atoms. The highest BCUT2D eigenvalue weighted by Crippen LogP contribution is 2.26. The summed E-state index contributed by atoms with van der Waals surface area (Å²) in [6.07, 6.45) is 3.30. The third-order valence-electron chi connectivity index (χ3n) is 2.60. The van der Waals surface area contributed by atoms with Crippen molar-refractivity contribution in [3.05, 3.63) is 34.7 Å². The van der Waals surface area contributed by atoms with Crippen LogP contribution in [0, 0.1) is 0 Å². The number of nitrogens with one attached hydrogen (secondary N) is 2. The first-order chi connectivity index (χ1) is 9.74. The van der Waals surface area contributed by atoms with Gasteiger partial charge < -0.3 is 15.4 Å². The van der Waals surface area contributed by atoms with Crippen LogP contribution in [0.1, 0.15) is 12.5 Å². The van der Waals surface area contributed by atoms with E-state index in [0.717, 1.165) is 28.2 Å². The van der Waals surface area contributed by atoms with Crippen LogP contribution in [0.2, 0.25) is 0 Å². The first kappa shape index (κ1) is 14.5. The number of anilines is 2. The summed E-state index contributed by atoms with van der Waals surface area (Å²) in [5.74, 6) is 2.12. The van der Waals surface area contributed by atoms with Crippen LogP contribution in [-0.2, 0) is 6.54 Å². The average molecular weight is 338 g/mol. The molecule has 0 aliphatic heterocycles. The van der Waals surface area contributed by atoms with E-state index in [1.807, 2.05) is 19.1 Å². The molecule has 0 saturated heterocycles. The van der Waals surface area contributed by atoms with Crippen molar-refractivity contribution >= 4 is 27.6 Å². The fourth-order valence-corrected chi connectivity index (χ4v) is 2.09. The van der Waals surface area contributed by atoms with E-state index in [1.165, 1.54) is 6.33 Å². The summed E-state index contributed by atoms with van der Waals surface area (Å²) >= 11 is 3.49.